The number of hydrogen-bond acceptors (Lipinski definition) is 1. The van der Waals surface area contributed by atoms with Crippen LogP contribution in [0.2, 0.25) is 0 Å². The predicted molar refractivity (Wildman–Crippen MR) is 77.5 cm³/mol. The average molecular weight is 256 g/mol. The molecule has 1 aromatic carbocycles. The number of benzene rings is 1. The van der Waals surface area contributed by atoms with Gasteiger partial charge in [0.25, 0.3) is 5.91 Å². The van der Waals surface area contributed by atoms with E-state index in [1.54, 1.807) is 0 Å². The fraction of sp³-hybridized carbons (Fsp3) is 0.312. The van der Waals surface area contributed by atoms with E-state index in [1.165, 1.54) is 0 Å². The van der Waals surface area contributed by atoms with Gasteiger partial charge < -0.3 is 9.88 Å². The van der Waals surface area contributed by atoms with E-state index in [2.05, 4.69) is 19.2 Å². The van der Waals surface area contributed by atoms with Crippen LogP contribution in [0.15, 0.2) is 48.8 Å². The van der Waals surface area contributed by atoms with Crippen LogP contribution in [-0.4, -0.2) is 16.5 Å². The predicted octanol–water partition coefficient (Wildman–Crippen LogP) is 3.25. The number of rotatable bonds is 4. The molecule has 2 rings (SSSR count). The molecule has 2 aromatic rings. The first-order chi connectivity index (χ1) is 9.08. The lowest BCUT2D eigenvalue weighted by Gasteiger charge is -2.17. The molecule has 1 unspecified atom stereocenters. The maximum Gasteiger partial charge on any atom is 0.251 e. The van der Waals surface area contributed by atoms with E-state index in [0.717, 1.165) is 5.69 Å². The molecule has 3 nitrogen and oxygen atoms in total. The Balaban J connectivity index is 2.17. The summed E-state index contributed by atoms with van der Waals surface area (Å²) in [5.74, 6) is 0.409. The smallest absolute Gasteiger partial charge is 0.251 e. The third-order valence-electron chi connectivity index (χ3n) is 3.37. The zero-order valence-electron chi connectivity index (χ0n) is 11.6. The molecule has 0 spiro atoms. The van der Waals surface area contributed by atoms with Gasteiger partial charge in [-0.1, -0.05) is 19.9 Å². The zero-order chi connectivity index (χ0) is 13.8. The molecule has 0 radical (unpaired) electrons. The van der Waals surface area contributed by atoms with Crippen molar-refractivity contribution >= 4 is 5.91 Å². The Morgan fingerprint density at radius 1 is 1.11 bits per heavy atom. The van der Waals surface area contributed by atoms with E-state index in [0.29, 0.717) is 11.5 Å². The van der Waals surface area contributed by atoms with Crippen molar-refractivity contribution in [3.8, 4) is 5.69 Å². The van der Waals surface area contributed by atoms with E-state index < -0.39 is 0 Å². The third kappa shape index (κ3) is 3.25. The van der Waals surface area contributed by atoms with Crippen LogP contribution in [0, 0.1) is 5.92 Å². The Labute approximate surface area is 114 Å². The fourth-order valence-electron chi connectivity index (χ4n) is 1.77. The van der Waals surface area contributed by atoms with Gasteiger partial charge in [-0.2, -0.15) is 0 Å². The summed E-state index contributed by atoms with van der Waals surface area (Å²) in [6, 6.07) is 11.7. The molecule has 1 N–H and O–H groups in total. The molecule has 100 valence electrons. The minimum absolute atomic E-state index is 0.0183. The highest BCUT2D eigenvalue weighted by Crippen LogP contribution is 2.11. The SMILES string of the molecule is CC(C)C(C)NC(=O)c1cccc(-n2cccc2)c1. The lowest BCUT2D eigenvalue weighted by molar-refractivity contribution is 0.0930. The molecule has 0 saturated carbocycles. The number of nitrogens with one attached hydrogen (secondary N) is 1. The Kier molecular flexibility index (Phi) is 4.05. The van der Waals surface area contributed by atoms with Gasteiger partial charge in [0.05, 0.1) is 0 Å². The molecule has 0 aliphatic carbocycles. The van der Waals surface area contributed by atoms with Crippen molar-refractivity contribution in [1.29, 1.82) is 0 Å². The van der Waals surface area contributed by atoms with Crippen LogP contribution < -0.4 is 5.32 Å². The van der Waals surface area contributed by atoms with E-state index >= 15 is 0 Å². The molecule has 1 aromatic heterocycles. The van der Waals surface area contributed by atoms with Gasteiger partial charge in [-0.15, -0.1) is 0 Å². The highest BCUT2D eigenvalue weighted by Gasteiger charge is 2.12. The summed E-state index contributed by atoms with van der Waals surface area (Å²) in [5.41, 5.74) is 1.69. The highest BCUT2D eigenvalue weighted by molar-refractivity contribution is 5.94. The van der Waals surface area contributed by atoms with E-state index in [9.17, 15) is 4.79 Å². The lowest BCUT2D eigenvalue weighted by atomic mass is 10.1. The van der Waals surface area contributed by atoms with Crippen LogP contribution in [0.5, 0.6) is 0 Å². The number of carbonyl (C=O) groups is 1. The average Bonchev–Trinajstić information content (AvgIpc) is 2.92. The maximum absolute atomic E-state index is 12.2. The van der Waals surface area contributed by atoms with Gasteiger partial charge in [-0.25, -0.2) is 0 Å². The topological polar surface area (TPSA) is 34.0 Å². The molecule has 1 heterocycles. The van der Waals surface area contributed by atoms with Crippen LogP contribution in [0.25, 0.3) is 5.69 Å². The lowest BCUT2D eigenvalue weighted by Crippen LogP contribution is -2.36. The summed E-state index contributed by atoms with van der Waals surface area (Å²) < 4.78 is 1.99. The standard InChI is InChI=1S/C16H20N2O/c1-12(2)13(3)17-16(19)14-7-6-8-15(11-14)18-9-4-5-10-18/h4-13H,1-3H3,(H,17,19). The molecule has 0 aliphatic heterocycles. The van der Waals surface area contributed by atoms with E-state index in [1.807, 2.05) is 60.3 Å². The van der Waals surface area contributed by atoms with Crippen molar-refractivity contribution in [2.45, 2.75) is 26.8 Å². The first-order valence-electron chi connectivity index (χ1n) is 6.62. The van der Waals surface area contributed by atoms with Gasteiger partial charge in [0.2, 0.25) is 0 Å². The molecular formula is C16H20N2O. The molecule has 1 atom stereocenters. The Hall–Kier alpha value is -2.03. The highest BCUT2D eigenvalue weighted by atomic mass is 16.1. The van der Waals surface area contributed by atoms with Gasteiger partial charge in [0.1, 0.15) is 0 Å². The van der Waals surface area contributed by atoms with Crippen LogP contribution in [-0.2, 0) is 0 Å². The molecule has 19 heavy (non-hydrogen) atoms. The van der Waals surface area contributed by atoms with Crippen LogP contribution in [0.4, 0.5) is 0 Å². The number of carbonyl (C=O) groups excluding carboxylic acids is 1. The second-order valence-electron chi connectivity index (χ2n) is 5.15. The summed E-state index contributed by atoms with van der Waals surface area (Å²) in [6.07, 6.45) is 3.93. The fourth-order valence-corrected chi connectivity index (χ4v) is 1.77. The Bertz CT molecular complexity index is 544. The van der Waals surface area contributed by atoms with Gasteiger partial charge in [0.15, 0.2) is 0 Å². The van der Waals surface area contributed by atoms with Crippen LogP contribution in [0.3, 0.4) is 0 Å². The van der Waals surface area contributed by atoms with Gasteiger partial charge in [-0.3, -0.25) is 4.79 Å². The van der Waals surface area contributed by atoms with Crippen molar-refractivity contribution in [3.63, 3.8) is 0 Å². The second kappa shape index (κ2) is 5.74. The maximum atomic E-state index is 12.2. The Morgan fingerprint density at radius 3 is 2.42 bits per heavy atom. The monoisotopic (exact) mass is 256 g/mol. The normalized spacial score (nSPS) is 12.4. The summed E-state index contributed by atoms with van der Waals surface area (Å²) in [4.78, 5) is 12.2. The number of hydrogen-bond donors (Lipinski definition) is 1. The molecule has 1 amide bonds. The van der Waals surface area contributed by atoms with Crippen molar-refractivity contribution in [2.75, 3.05) is 0 Å². The van der Waals surface area contributed by atoms with Crippen LogP contribution >= 0.6 is 0 Å². The first kappa shape index (κ1) is 13.4. The van der Waals surface area contributed by atoms with Gasteiger partial charge in [0, 0.05) is 29.7 Å². The number of aromatic nitrogens is 1. The largest absolute Gasteiger partial charge is 0.349 e. The molecule has 3 heteroatoms. The Morgan fingerprint density at radius 2 is 1.79 bits per heavy atom. The second-order valence-corrected chi connectivity index (χ2v) is 5.15. The third-order valence-corrected chi connectivity index (χ3v) is 3.37. The summed E-state index contributed by atoms with van der Waals surface area (Å²) in [6.45, 7) is 6.22. The first-order valence-corrected chi connectivity index (χ1v) is 6.62. The van der Waals surface area contributed by atoms with Crippen molar-refractivity contribution in [2.24, 2.45) is 5.92 Å². The number of amides is 1. The molecule has 0 saturated heterocycles. The minimum atomic E-state index is -0.0183. The summed E-state index contributed by atoms with van der Waals surface area (Å²) in [7, 11) is 0. The van der Waals surface area contributed by atoms with Gasteiger partial charge >= 0.3 is 0 Å². The molecule has 0 fully saturated rings. The van der Waals surface area contributed by atoms with Gasteiger partial charge in [-0.05, 0) is 43.2 Å². The molecule has 0 aliphatic rings. The van der Waals surface area contributed by atoms with Crippen molar-refractivity contribution in [1.82, 2.24) is 9.88 Å². The minimum Gasteiger partial charge on any atom is -0.349 e. The summed E-state index contributed by atoms with van der Waals surface area (Å²) in [5, 5.41) is 3.02. The quantitative estimate of drug-likeness (QED) is 0.895. The molecular weight excluding hydrogens is 236 g/mol. The van der Waals surface area contributed by atoms with Crippen LogP contribution in [0.1, 0.15) is 31.1 Å². The molecule has 0 bridgehead atoms. The van der Waals surface area contributed by atoms with E-state index in [4.69, 9.17) is 0 Å². The van der Waals surface area contributed by atoms with Crippen molar-refractivity contribution in [3.05, 3.63) is 54.4 Å². The zero-order valence-corrected chi connectivity index (χ0v) is 11.6. The number of nitrogens with zero attached hydrogens (tertiary/aromatic N) is 1. The van der Waals surface area contributed by atoms with E-state index in [-0.39, 0.29) is 11.9 Å². The van der Waals surface area contributed by atoms with Crippen molar-refractivity contribution < 1.29 is 4.79 Å². The summed E-state index contributed by atoms with van der Waals surface area (Å²) >= 11 is 0.